The second kappa shape index (κ2) is 20.8. The fourth-order valence-corrected chi connectivity index (χ4v) is 3.58. The Bertz CT molecular complexity index is 1250. The summed E-state index contributed by atoms with van der Waals surface area (Å²) in [6.07, 6.45) is 7.57. The van der Waals surface area contributed by atoms with Crippen LogP contribution in [-0.2, 0) is 39.2 Å². The minimum absolute atomic E-state index is 0. The van der Waals surface area contributed by atoms with Crippen LogP contribution in [0.5, 0.6) is 11.5 Å². The molecule has 0 aromatic heterocycles. The summed E-state index contributed by atoms with van der Waals surface area (Å²) in [5, 5.41) is 38.2. The molecular formula is C34H42CoN2O6. The van der Waals surface area contributed by atoms with Crippen molar-refractivity contribution in [2.24, 2.45) is 21.8 Å². The predicted molar refractivity (Wildman–Crippen MR) is 165 cm³/mol. The first-order valence-corrected chi connectivity index (χ1v) is 13.9. The number of carboxylic acid groups (broad SMARTS) is 2. The van der Waals surface area contributed by atoms with Gasteiger partial charge in [0.2, 0.25) is 0 Å². The van der Waals surface area contributed by atoms with Gasteiger partial charge in [-0.25, -0.2) is 0 Å². The van der Waals surface area contributed by atoms with Crippen LogP contribution in [-0.4, -0.2) is 34.6 Å². The topological polar surface area (TPSA) is 145 Å². The largest absolute Gasteiger partial charge is 2.00 e. The summed E-state index contributed by atoms with van der Waals surface area (Å²) in [5.41, 5.74) is 5.30. The normalized spacial score (nSPS) is 10.6. The smallest absolute Gasteiger partial charge is 0.550 e. The molecule has 43 heavy (non-hydrogen) atoms. The van der Waals surface area contributed by atoms with Gasteiger partial charge >= 0.3 is 16.8 Å². The number of aliphatic carboxylic acids is 2. The van der Waals surface area contributed by atoms with E-state index in [2.05, 4.69) is 37.7 Å². The number of aryl methyl sites for hydroxylation is 2. The summed E-state index contributed by atoms with van der Waals surface area (Å²) < 4.78 is 0. The van der Waals surface area contributed by atoms with Gasteiger partial charge in [-0.1, -0.05) is 45.9 Å². The summed E-state index contributed by atoms with van der Waals surface area (Å²) in [6, 6.07) is 19.0. The molecule has 0 heterocycles. The van der Waals surface area contributed by atoms with Crippen LogP contribution in [0.15, 0.2) is 70.6 Å². The fraction of sp³-hybridized carbons (Fsp3) is 0.353. The number of hydrogen-bond acceptors (Lipinski definition) is 8. The van der Waals surface area contributed by atoms with E-state index >= 15 is 0 Å². The van der Waals surface area contributed by atoms with E-state index in [9.17, 15) is 10.2 Å². The second-order valence-corrected chi connectivity index (χ2v) is 10.7. The molecule has 0 amide bonds. The van der Waals surface area contributed by atoms with Gasteiger partial charge in [0.15, 0.2) is 0 Å². The number of hydrogen-bond donors (Lipinski definition) is 2. The van der Waals surface area contributed by atoms with E-state index in [1.807, 2.05) is 48.5 Å². The number of rotatable bonds is 10. The molecule has 0 saturated heterocycles. The van der Waals surface area contributed by atoms with Crippen molar-refractivity contribution in [2.45, 2.75) is 67.2 Å². The summed E-state index contributed by atoms with van der Waals surface area (Å²) in [7, 11) is 0. The first kappa shape index (κ1) is 39.0. The molecule has 9 heteroatoms. The fourth-order valence-electron chi connectivity index (χ4n) is 3.58. The van der Waals surface area contributed by atoms with Crippen molar-refractivity contribution in [2.75, 3.05) is 0 Å². The Morgan fingerprint density at radius 1 is 0.698 bits per heavy atom. The number of benzene rings is 3. The van der Waals surface area contributed by atoms with Gasteiger partial charge in [0.05, 0.1) is 11.4 Å². The Kier molecular flexibility index (Phi) is 18.9. The number of carbonyl (C=O) groups is 2. The van der Waals surface area contributed by atoms with Crippen LogP contribution in [0.2, 0.25) is 0 Å². The molecule has 0 atom stereocenters. The minimum Gasteiger partial charge on any atom is -0.550 e. The minimum atomic E-state index is -1.08. The van der Waals surface area contributed by atoms with Crippen molar-refractivity contribution in [3.63, 3.8) is 0 Å². The average Bonchev–Trinajstić information content (AvgIpc) is 2.90. The Labute approximate surface area is 265 Å². The van der Waals surface area contributed by atoms with E-state index in [1.165, 1.54) is 11.1 Å². The van der Waals surface area contributed by atoms with Gasteiger partial charge in [-0.3, -0.25) is 9.98 Å². The van der Waals surface area contributed by atoms with Crippen molar-refractivity contribution >= 4 is 35.7 Å². The number of aromatic hydroxyl groups is 2. The molecule has 2 N–H and O–H groups in total. The predicted octanol–water partition coefficient (Wildman–Crippen LogP) is 5.29. The molecule has 3 aromatic rings. The molecule has 0 bridgehead atoms. The van der Waals surface area contributed by atoms with E-state index in [-0.39, 0.29) is 28.3 Å². The van der Waals surface area contributed by atoms with Crippen LogP contribution in [0.3, 0.4) is 0 Å². The quantitative estimate of drug-likeness (QED) is 0.291. The van der Waals surface area contributed by atoms with Crippen LogP contribution in [0.4, 0.5) is 11.4 Å². The zero-order valence-electron chi connectivity index (χ0n) is 25.7. The van der Waals surface area contributed by atoms with E-state index in [0.29, 0.717) is 23.0 Å². The summed E-state index contributed by atoms with van der Waals surface area (Å²) >= 11 is 0. The number of carbonyl (C=O) groups excluding carboxylic acids is 2. The summed E-state index contributed by atoms with van der Waals surface area (Å²) in [5.74, 6) is -0.449. The van der Waals surface area contributed by atoms with Crippen LogP contribution >= 0.6 is 0 Å². The Morgan fingerprint density at radius 3 is 1.37 bits per heavy atom. The van der Waals surface area contributed by atoms with Crippen molar-refractivity contribution in [3.05, 3.63) is 82.9 Å². The molecule has 1 radical (unpaired) electrons. The van der Waals surface area contributed by atoms with Crippen LogP contribution in [0.1, 0.15) is 76.6 Å². The van der Waals surface area contributed by atoms with Crippen molar-refractivity contribution in [1.29, 1.82) is 0 Å². The van der Waals surface area contributed by atoms with Crippen molar-refractivity contribution < 1.29 is 46.8 Å². The van der Waals surface area contributed by atoms with E-state index in [1.54, 1.807) is 24.6 Å². The van der Waals surface area contributed by atoms with Gasteiger partial charge < -0.3 is 30.0 Å². The first-order valence-electron chi connectivity index (χ1n) is 13.9. The number of carboxylic acids is 2. The molecule has 3 aromatic carbocycles. The molecular weight excluding hydrogens is 591 g/mol. The molecule has 233 valence electrons. The molecule has 0 aliphatic carbocycles. The maximum absolute atomic E-state index is 10.2. The molecule has 0 aliphatic rings. The molecule has 0 unspecified atom stereocenters. The number of phenolic OH excluding ortho intramolecular Hbond substituents is 2. The standard InChI is InChI=1S/C30H36N2O2.2C2H4O2.Co/c1-21(2)8-10-23-12-14-29(33)25(16-23)19-31-27-6-5-7-28(18-27)32-20-26-17-24(11-9-22(3)4)13-15-30(26)34;2*1-2(3)4;/h5-7,12-22,33-34H,8-11H2,1-4H3;2*1H3,(H,3,4);/q;;;+2/p-2. The Morgan fingerprint density at radius 2 is 1.05 bits per heavy atom. The van der Waals surface area contributed by atoms with E-state index in [4.69, 9.17) is 19.8 Å². The van der Waals surface area contributed by atoms with Gasteiger partial charge in [0.25, 0.3) is 0 Å². The maximum Gasteiger partial charge on any atom is 2.00 e. The Balaban J connectivity index is 0.00000174. The van der Waals surface area contributed by atoms with Crippen LogP contribution < -0.4 is 10.2 Å². The Hall–Kier alpha value is -3.95. The average molecular weight is 634 g/mol. The van der Waals surface area contributed by atoms with Gasteiger partial charge in [0.1, 0.15) is 11.5 Å². The van der Waals surface area contributed by atoms with Crippen molar-refractivity contribution in [3.8, 4) is 11.5 Å². The molecule has 0 spiro atoms. The van der Waals surface area contributed by atoms with Gasteiger partial charge in [-0.05, 0) is 105 Å². The van der Waals surface area contributed by atoms with Gasteiger partial charge in [-0.2, -0.15) is 0 Å². The third-order valence-electron chi connectivity index (χ3n) is 5.74. The summed E-state index contributed by atoms with van der Waals surface area (Å²) in [6.45, 7) is 10.8. The third kappa shape index (κ3) is 18.2. The number of nitrogens with zero attached hydrogens (tertiary/aromatic N) is 2. The maximum atomic E-state index is 10.2. The zero-order chi connectivity index (χ0) is 31.7. The SMILES string of the molecule is CC(=O)[O-].CC(=O)[O-].CC(C)CCc1ccc(O)c(C=Nc2cccc(N=Cc3cc(CCC(C)C)ccc3O)c2)c1.[Co+2]. The van der Waals surface area contributed by atoms with Crippen LogP contribution in [0.25, 0.3) is 0 Å². The molecule has 0 fully saturated rings. The molecule has 0 aliphatic heterocycles. The third-order valence-corrected chi connectivity index (χ3v) is 5.74. The molecule has 0 saturated carbocycles. The number of aliphatic imine (C=N–C) groups is 2. The monoisotopic (exact) mass is 633 g/mol. The first-order chi connectivity index (χ1) is 19.8. The summed E-state index contributed by atoms with van der Waals surface area (Å²) in [4.78, 5) is 26.9. The van der Waals surface area contributed by atoms with Gasteiger partial charge in [0, 0.05) is 35.5 Å². The van der Waals surface area contributed by atoms with Gasteiger partial charge in [-0.15, -0.1) is 0 Å². The van der Waals surface area contributed by atoms with E-state index < -0.39 is 11.9 Å². The van der Waals surface area contributed by atoms with Crippen LogP contribution in [0, 0.1) is 11.8 Å². The second-order valence-electron chi connectivity index (χ2n) is 10.7. The molecule has 3 rings (SSSR count). The number of phenols is 2. The van der Waals surface area contributed by atoms with Crippen molar-refractivity contribution in [1.82, 2.24) is 0 Å². The van der Waals surface area contributed by atoms with E-state index in [0.717, 1.165) is 50.9 Å². The zero-order valence-corrected chi connectivity index (χ0v) is 26.7. The molecule has 8 nitrogen and oxygen atoms in total.